The second-order valence-electron chi connectivity index (χ2n) is 4.85. The molecule has 7 nitrogen and oxygen atoms in total. The fourth-order valence-electron chi connectivity index (χ4n) is 2.14. The predicted molar refractivity (Wildman–Crippen MR) is 68.9 cm³/mol. The molecule has 1 fully saturated rings. The largest absolute Gasteiger partial charge is 0.453 e. The molecule has 0 aliphatic carbocycles. The van der Waals surface area contributed by atoms with Gasteiger partial charge in [-0.2, -0.15) is 13.2 Å². The first-order chi connectivity index (χ1) is 10.5. The van der Waals surface area contributed by atoms with Crippen LogP contribution >= 0.6 is 0 Å². The Morgan fingerprint density at radius 2 is 2.23 bits per heavy atom. The van der Waals surface area contributed by atoms with Gasteiger partial charge < -0.3 is 10.1 Å². The van der Waals surface area contributed by atoms with Crippen LogP contribution in [0.1, 0.15) is 29.7 Å². The maximum absolute atomic E-state index is 12.4. The van der Waals surface area contributed by atoms with Gasteiger partial charge >= 0.3 is 6.18 Å². The normalized spacial score (nSPS) is 18.6. The molecule has 1 saturated heterocycles. The lowest BCUT2D eigenvalue weighted by Gasteiger charge is -2.09. The van der Waals surface area contributed by atoms with E-state index < -0.39 is 12.0 Å². The summed E-state index contributed by atoms with van der Waals surface area (Å²) in [4.78, 5) is 11.6. The Hall–Kier alpha value is -2.23. The molecule has 3 rings (SSSR count). The highest BCUT2D eigenvalue weighted by Gasteiger charge is 2.35. The first kappa shape index (κ1) is 14.7. The Morgan fingerprint density at radius 3 is 2.91 bits per heavy atom. The Kier molecular flexibility index (Phi) is 3.92. The van der Waals surface area contributed by atoms with Crippen LogP contribution < -0.4 is 5.32 Å². The number of nitrogens with one attached hydrogen (secondary N) is 2. The molecule has 1 aliphatic heterocycles. The monoisotopic (exact) mass is 314 g/mol. The van der Waals surface area contributed by atoms with Gasteiger partial charge in [0.1, 0.15) is 18.0 Å². The Morgan fingerprint density at radius 1 is 1.36 bits per heavy atom. The zero-order valence-corrected chi connectivity index (χ0v) is 11.4. The van der Waals surface area contributed by atoms with Crippen molar-refractivity contribution in [2.24, 2.45) is 0 Å². The second kappa shape index (κ2) is 5.87. The number of nitrogens with zero attached hydrogens (tertiary/aromatic N) is 4. The van der Waals surface area contributed by atoms with E-state index in [1.54, 1.807) is 6.07 Å². The van der Waals surface area contributed by atoms with Crippen LogP contribution in [0.4, 0.5) is 19.0 Å². The molecule has 1 atom stereocenters. The molecule has 2 aromatic rings. The van der Waals surface area contributed by atoms with Gasteiger partial charge in [-0.3, -0.25) is 5.10 Å². The van der Waals surface area contributed by atoms with Crippen molar-refractivity contribution in [2.75, 3.05) is 18.5 Å². The number of hydrogen-bond donors (Lipinski definition) is 2. The molecule has 2 aromatic heterocycles. The molecule has 0 saturated carbocycles. The molecule has 0 unspecified atom stereocenters. The number of aromatic nitrogens is 5. The minimum atomic E-state index is -4.56. The molecule has 10 heteroatoms. The lowest BCUT2D eigenvalue weighted by Crippen LogP contribution is -2.08. The van der Waals surface area contributed by atoms with Crippen LogP contribution in [0.3, 0.4) is 0 Å². The van der Waals surface area contributed by atoms with E-state index in [-0.39, 0.29) is 18.3 Å². The molecular weight excluding hydrogens is 301 g/mol. The van der Waals surface area contributed by atoms with Gasteiger partial charge in [0.25, 0.3) is 5.82 Å². The fourth-order valence-corrected chi connectivity index (χ4v) is 2.14. The van der Waals surface area contributed by atoms with Crippen LogP contribution in [0.15, 0.2) is 12.4 Å². The summed E-state index contributed by atoms with van der Waals surface area (Å²) >= 11 is 0. The summed E-state index contributed by atoms with van der Waals surface area (Å²) in [7, 11) is 0. The van der Waals surface area contributed by atoms with Crippen molar-refractivity contribution in [1.29, 1.82) is 0 Å². The summed E-state index contributed by atoms with van der Waals surface area (Å²) in [5, 5.41) is 8.27. The highest BCUT2D eigenvalue weighted by molar-refractivity contribution is 5.36. The molecular formula is C12H13F3N6O. The van der Waals surface area contributed by atoms with Crippen LogP contribution in [0.2, 0.25) is 0 Å². The lowest BCUT2D eigenvalue weighted by atomic mass is 10.1. The second-order valence-corrected chi connectivity index (χ2v) is 4.85. The molecule has 0 spiro atoms. The van der Waals surface area contributed by atoms with Crippen molar-refractivity contribution < 1.29 is 17.9 Å². The third kappa shape index (κ3) is 3.32. The average Bonchev–Trinajstić information content (AvgIpc) is 3.16. The van der Waals surface area contributed by atoms with Crippen molar-refractivity contribution >= 4 is 5.82 Å². The maximum Gasteiger partial charge on any atom is 0.453 e. The van der Waals surface area contributed by atoms with Gasteiger partial charge in [-0.25, -0.2) is 15.0 Å². The lowest BCUT2D eigenvalue weighted by molar-refractivity contribution is -0.144. The molecule has 0 bridgehead atoms. The Balaban J connectivity index is 1.64. The first-order valence-corrected chi connectivity index (χ1v) is 6.64. The van der Waals surface area contributed by atoms with E-state index in [0.717, 1.165) is 12.1 Å². The molecule has 2 N–H and O–H groups in total. The van der Waals surface area contributed by atoms with E-state index in [2.05, 4.69) is 30.5 Å². The minimum absolute atomic E-state index is 0.0562. The van der Waals surface area contributed by atoms with Gasteiger partial charge in [-0.1, -0.05) is 0 Å². The van der Waals surface area contributed by atoms with Gasteiger partial charge in [0, 0.05) is 18.6 Å². The van der Waals surface area contributed by atoms with Crippen molar-refractivity contribution in [3.05, 3.63) is 29.7 Å². The highest BCUT2D eigenvalue weighted by Crippen LogP contribution is 2.26. The molecule has 0 radical (unpaired) electrons. The van der Waals surface area contributed by atoms with Crippen LogP contribution in [-0.4, -0.2) is 38.4 Å². The summed E-state index contributed by atoms with van der Waals surface area (Å²) in [5.74, 6) is -0.361. The summed E-state index contributed by atoms with van der Waals surface area (Å²) < 4.78 is 42.5. The fraction of sp³-hybridized carbons (Fsp3) is 0.500. The third-order valence-corrected chi connectivity index (χ3v) is 3.26. The Labute approximate surface area is 123 Å². The van der Waals surface area contributed by atoms with Gasteiger partial charge in [-0.05, 0) is 6.42 Å². The van der Waals surface area contributed by atoms with Gasteiger partial charge in [0.15, 0.2) is 0 Å². The summed E-state index contributed by atoms with van der Waals surface area (Å²) in [5.41, 5.74) is 0.851. The molecule has 0 aromatic carbocycles. The number of ether oxygens (including phenoxy) is 1. The van der Waals surface area contributed by atoms with Crippen molar-refractivity contribution in [2.45, 2.75) is 25.1 Å². The smallest absolute Gasteiger partial charge is 0.381 e. The van der Waals surface area contributed by atoms with Gasteiger partial charge in [-0.15, -0.1) is 5.10 Å². The third-order valence-electron chi connectivity index (χ3n) is 3.26. The number of halogens is 3. The molecule has 118 valence electrons. The molecule has 22 heavy (non-hydrogen) atoms. The van der Waals surface area contributed by atoms with Crippen LogP contribution in [0.25, 0.3) is 0 Å². The van der Waals surface area contributed by atoms with E-state index in [1.807, 2.05) is 0 Å². The number of aromatic amines is 1. The summed E-state index contributed by atoms with van der Waals surface area (Å²) in [6.45, 7) is 1.38. The molecule has 3 heterocycles. The average molecular weight is 314 g/mol. The summed E-state index contributed by atoms with van der Waals surface area (Å²) in [6, 6.07) is 1.76. The molecule has 0 amide bonds. The van der Waals surface area contributed by atoms with E-state index in [1.165, 1.54) is 6.33 Å². The first-order valence-electron chi connectivity index (χ1n) is 6.64. The SMILES string of the molecule is FC(F)(F)c1n[nH]c(CNc2cc([C@H]3CCOC3)ncn2)n1. The maximum atomic E-state index is 12.4. The van der Waals surface area contributed by atoms with E-state index in [9.17, 15) is 13.2 Å². The zero-order valence-electron chi connectivity index (χ0n) is 11.4. The number of anilines is 1. The van der Waals surface area contributed by atoms with Crippen LogP contribution in [0.5, 0.6) is 0 Å². The number of rotatable bonds is 4. The quantitative estimate of drug-likeness (QED) is 0.893. The summed E-state index contributed by atoms with van der Waals surface area (Å²) in [6.07, 6.45) is -2.25. The number of alkyl halides is 3. The number of H-pyrrole nitrogens is 1. The van der Waals surface area contributed by atoms with E-state index >= 15 is 0 Å². The topological polar surface area (TPSA) is 88.6 Å². The zero-order chi connectivity index (χ0) is 15.6. The number of hydrogen-bond acceptors (Lipinski definition) is 6. The van der Waals surface area contributed by atoms with Gasteiger partial charge in [0.05, 0.1) is 18.8 Å². The molecule has 1 aliphatic rings. The van der Waals surface area contributed by atoms with Crippen molar-refractivity contribution in [3.8, 4) is 0 Å². The van der Waals surface area contributed by atoms with Crippen molar-refractivity contribution in [1.82, 2.24) is 25.1 Å². The van der Waals surface area contributed by atoms with Crippen molar-refractivity contribution in [3.63, 3.8) is 0 Å². The van der Waals surface area contributed by atoms with E-state index in [0.29, 0.717) is 19.0 Å². The Bertz CT molecular complexity index is 638. The predicted octanol–water partition coefficient (Wildman–Crippen LogP) is 1.73. The van der Waals surface area contributed by atoms with Gasteiger partial charge in [0.2, 0.25) is 0 Å². The van der Waals surface area contributed by atoms with E-state index in [4.69, 9.17) is 4.74 Å². The van der Waals surface area contributed by atoms with Crippen LogP contribution in [0, 0.1) is 0 Å². The minimum Gasteiger partial charge on any atom is -0.381 e. The van der Waals surface area contributed by atoms with Crippen LogP contribution in [-0.2, 0) is 17.5 Å². The standard InChI is InChI=1S/C12H13F3N6O/c13-12(14,15)11-19-10(20-21-11)4-16-9-3-8(17-6-18-9)7-1-2-22-5-7/h3,6-7H,1-2,4-5H2,(H,16,17,18)(H,19,20,21)/t7-/m0/s1. The highest BCUT2D eigenvalue weighted by atomic mass is 19.4.